The summed E-state index contributed by atoms with van der Waals surface area (Å²) < 4.78 is 45.5. The van der Waals surface area contributed by atoms with Gasteiger partial charge >= 0.3 is 6.18 Å². The molecule has 164 valence electrons. The fraction of sp³-hybridized carbons (Fsp3) is 0.619. The summed E-state index contributed by atoms with van der Waals surface area (Å²) in [6, 6.07) is 5.88. The van der Waals surface area contributed by atoms with Crippen LogP contribution in [-0.4, -0.2) is 45.1 Å². The highest BCUT2D eigenvalue weighted by Gasteiger charge is 2.34. The van der Waals surface area contributed by atoms with Crippen LogP contribution in [0.25, 0.3) is 5.69 Å². The number of ether oxygens (including phenoxy) is 1. The van der Waals surface area contributed by atoms with Gasteiger partial charge in [-0.3, -0.25) is 9.47 Å². The van der Waals surface area contributed by atoms with Crippen molar-refractivity contribution < 1.29 is 17.9 Å². The summed E-state index contributed by atoms with van der Waals surface area (Å²) in [5, 5.41) is 9.67. The number of halogens is 4. The van der Waals surface area contributed by atoms with Gasteiger partial charge < -0.3 is 4.74 Å². The van der Waals surface area contributed by atoms with E-state index in [1.54, 1.807) is 0 Å². The average Bonchev–Trinajstić information content (AvgIpc) is 2.98. The van der Waals surface area contributed by atoms with Crippen LogP contribution in [0.1, 0.15) is 62.2 Å². The van der Waals surface area contributed by atoms with Crippen molar-refractivity contribution >= 4 is 11.6 Å². The molecular formula is C21H26ClF3N4O. The van der Waals surface area contributed by atoms with Crippen LogP contribution >= 0.6 is 11.6 Å². The Morgan fingerprint density at radius 1 is 1.17 bits per heavy atom. The Morgan fingerprint density at radius 2 is 1.90 bits per heavy atom. The highest BCUT2D eigenvalue weighted by Crippen LogP contribution is 2.37. The van der Waals surface area contributed by atoms with Gasteiger partial charge in [-0.05, 0) is 63.4 Å². The standard InChI is InChI=1S/C21H26ClF3N4O/c1-13(10-21(23,24)25)30-17-6-3-14(4-7-17)20-27-26-19-12-28(2)11-15-9-16(22)5-8-18(15)29(19)20/h5,8-9,13-14,17H,3-4,6-7,10-12H2,1-2H3. The van der Waals surface area contributed by atoms with Crippen LogP contribution in [0.5, 0.6) is 0 Å². The van der Waals surface area contributed by atoms with Gasteiger partial charge in [-0.1, -0.05) is 11.6 Å². The highest BCUT2D eigenvalue weighted by molar-refractivity contribution is 6.30. The lowest BCUT2D eigenvalue weighted by atomic mass is 9.86. The molecule has 30 heavy (non-hydrogen) atoms. The molecule has 2 aromatic rings. The molecule has 1 atom stereocenters. The third-order valence-corrected chi connectivity index (χ3v) is 6.11. The maximum absolute atomic E-state index is 12.6. The molecule has 0 spiro atoms. The van der Waals surface area contributed by atoms with E-state index in [2.05, 4.69) is 19.7 Å². The number of benzene rings is 1. The molecule has 1 aromatic carbocycles. The van der Waals surface area contributed by atoms with Gasteiger partial charge in [-0.2, -0.15) is 13.2 Å². The van der Waals surface area contributed by atoms with E-state index >= 15 is 0 Å². The lowest BCUT2D eigenvalue weighted by Crippen LogP contribution is -2.28. The molecule has 0 N–H and O–H groups in total. The van der Waals surface area contributed by atoms with Gasteiger partial charge in [-0.25, -0.2) is 0 Å². The molecule has 2 aliphatic rings. The van der Waals surface area contributed by atoms with Crippen LogP contribution < -0.4 is 0 Å². The second-order valence-corrected chi connectivity index (χ2v) is 8.93. The van der Waals surface area contributed by atoms with Crippen molar-refractivity contribution in [3.63, 3.8) is 0 Å². The molecule has 5 nitrogen and oxygen atoms in total. The summed E-state index contributed by atoms with van der Waals surface area (Å²) in [6.07, 6.45) is -2.97. The van der Waals surface area contributed by atoms with E-state index in [0.717, 1.165) is 55.1 Å². The molecule has 0 saturated heterocycles. The first-order chi connectivity index (χ1) is 14.2. The van der Waals surface area contributed by atoms with Crippen molar-refractivity contribution in [1.82, 2.24) is 19.7 Å². The molecule has 0 amide bonds. The summed E-state index contributed by atoms with van der Waals surface area (Å²) in [7, 11) is 2.04. The van der Waals surface area contributed by atoms with E-state index < -0.39 is 18.7 Å². The van der Waals surface area contributed by atoms with Gasteiger partial charge in [-0.15, -0.1) is 10.2 Å². The lowest BCUT2D eigenvalue weighted by Gasteiger charge is -2.30. The van der Waals surface area contributed by atoms with E-state index in [-0.39, 0.29) is 12.0 Å². The lowest BCUT2D eigenvalue weighted by molar-refractivity contribution is -0.166. The summed E-state index contributed by atoms with van der Waals surface area (Å²) in [4.78, 5) is 2.18. The predicted octanol–water partition coefficient (Wildman–Crippen LogP) is 5.25. The van der Waals surface area contributed by atoms with Crippen LogP contribution in [0.2, 0.25) is 5.02 Å². The van der Waals surface area contributed by atoms with Gasteiger partial charge in [0.25, 0.3) is 0 Å². The molecule has 2 heterocycles. The minimum absolute atomic E-state index is 0.137. The number of hydrogen-bond donors (Lipinski definition) is 0. The largest absolute Gasteiger partial charge is 0.391 e. The molecule has 0 radical (unpaired) electrons. The molecular weight excluding hydrogens is 417 g/mol. The molecule has 1 aliphatic heterocycles. The van der Waals surface area contributed by atoms with Crippen molar-refractivity contribution in [3.05, 3.63) is 40.4 Å². The summed E-state index contributed by atoms with van der Waals surface area (Å²) >= 11 is 6.22. The maximum atomic E-state index is 12.6. The molecule has 1 fully saturated rings. The smallest absolute Gasteiger partial charge is 0.375 e. The van der Waals surface area contributed by atoms with Gasteiger partial charge in [0, 0.05) is 17.5 Å². The first kappa shape index (κ1) is 21.6. The Kier molecular flexibility index (Phi) is 6.10. The normalized spacial score (nSPS) is 23.5. The van der Waals surface area contributed by atoms with Crippen LogP contribution in [0.15, 0.2) is 18.2 Å². The molecule has 9 heteroatoms. The zero-order chi connectivity index (χ0) is 21.5. The molecule has 1 aromatic heterocycles. The molecule has 1 unspecified atom stereocenters. The quantitative estimate of drug-likeness (QED) is 0.648. The van der Waals surface area contributed by atoms with Crippen molar-refractivity contribution in [1.29, 1.82) is 0 Å². The van der Waals surface area contributed by atoms with Crippen molar-refractivity contribution in [2.24, 2.45) is 0 Å². The Balaban J connectivity index is 1.50. The van der Waals surface area contributed by atoms with Gasteiger partial charge in [0.1, 0.15) is 5.82 Å². The predicted molar refractivity (Wildman–Crippen MR) is 108 cm³/mol. The number of alkyl halides is 3. The number of fused-ring (bicyclic) bond motifs is 3. The summed E-state index contributed by atoms with van der Waals surface area (Å²) in [6.45, 7) is 2.96. The number of aromatic nitrogens is 3. The number of hydrogen-bond acceptors (Lipinski definition) is 4. The van der Waals surface area contributed by atoms with Crippen molar-refractivity contribution in [2.75, 3.05) is 7.05 Å². The highest BCUT2D eigenvalue weighted by atomic mass is 35.5. The third kappa shape index (κ3) is 4.81. The molecule has 1 saturated carbocycles. The van der Waals surface area contributed by atoms with Gasteiger partial charge in [0.15, 0.2) is 5.82 Å². The van der Waals surface area contributed by atoms with E-state index in [1.807, 2.05) is 25.2 Å². The van der Waals surface area contributed by atoms with Crippen molar-refractivity contribution in [2.45, 2.75) is 76.4 Å². The molecule has 0 bridgehead atoms. The van der Waals surface area contributed by atoms with Crippen LogP contribution in [-0.2, 0) is 17.8 Å². The van der Waals surface area contributed by atoms with Gasteiger partial charge in [0.05, 0.1) is 30.9 Å². The summed E-state index contributed by atoms with van der Waals surface area (Å²) in [5.74, 6) is 2.02. The van der Waals surface area contributed by atoms with E-state index in [9.17, 15) is 13.2 Å². The SMILES string of the molecule is CC(CC(F)(F)F)OC1CCC(c2nnc3n2-c2ccc(Cl)cc2CN(C)C3)CC1. The maximum Gasteiger partial charge on any atom is 0.391 e. The fourth-order valence-electron chi connectivity index (χ4n) is 4.61. The second-order valence-electron chi connectivity index (χ2n) is 8.49. The Labute approximate surface area is 179 Å². The second kappa shape index (κ2) is 8.48. The zero-order valence-corrected chi connectivity index (χ0v) is 17.9. The fourth-order valence-corrected chi connectivity index (χ4v) is 4.80. The van der Waals surface area contributed by atoms with E-state index in [0.29, 0.717) is 11.6 Å². The number of rotatable bonds is 4. The van der Waals surface area contributed by atoms with E-state index in [4.69, 9.17) is 16.3 Å². The zero-order valence-electron chi connectivity index (χ0n) is 17.1. The van der Waals surface area contributed by atoms with Crippen LogP contribution in [0.3, 0.4) is 0 Å². The van der Waals surface area contributed by atoms with Crippen molar-refractivity contribution in [3.8, 4) is 5.69 Å². The van der Waals surface area contributed by atoms with Crippen LogP contribution in [0.4, 0.5) is 13.2 Å². The minimum atomic E-state index is -4.20. The average molecular weight is 443 g/mol. The Morgan fingerprint density at radius 3 is 2.60 bits per heavy atom. The number of nitrogens with zero attached hydrogens (tertiary/aromatic N) is 4. The Bertz CT molecular complexity index is 893. The monoisotopic (exact) mass is 442 g/mol. The molecule has 1 aliphatic carbocycles. The molecule has 4 rings (SSSR count). The first-order valence-corrected chi connectivity index (χ1v) is 10.7. The Hall–Kier alpha value is -1.64. The minimum Gasteiger partial charge on any atom is -0.375 e. The van der Waals surface area contributed by atoms with Gasteiger partial charge in [0.2, 0.25) is 0 Å². The first-order valence-electron chi connectivity index (χ1n) is 10.3. The topological polar surface area (TPSA) is 43.2 Å². The van der Waals surface area contributed by atoms with Crippen LogP contribution in [0, 0.1) is 0 Å². The van der Waals surface area contributed by atoms with E-state index in [1.165, 1.54) is 6.92 Å². The third-order valence-electron chi connectivity index (χ3n) is 5.87. The summed E-state index contributed by atoms with van der Waals surface area (Å²) in [5.41, 5.74) is 2.18.